The van der Waals surface area contributed by atoms with E-state index in [1.807, 2.05) is 12.1 Å². The van der Waals surface area contributed by atoms with Crippen molar-refractivity contribution in [2.24, 2.45) is 0 Å². The molecule has 1 fully saturated rings. The zero-order valence-corrected chi connectivity index (χ0v) is 10.4. The second kappa shape index (κ2) is 5.02. The number of likely N-dealkylation sites (tertiary alicyclic amines) is 1. The fourth-order valence-electron chi connectivity index (χ4n) is 2.51. The summed E-state index contributed by atoms with van der Waals surface area (Å²) in [6, 6.07) is 5.81. The second-order valence-corrected chi connectivity index (χ2v) is 5.07. The summed E-state index contributed by atoms with van der Waals surface area (Å²) in [4.78, 5) is 2.41. The minimum absolute atomic E-state index is 0.481. The molecule has 1 aliphatic rings. The lowest BCUT2D eigenvalue weighted by atomic mass is 10.1. The number of hydrogen-bond donors (Lipinski definition) is 1. The van der Waals surface area contributed by atoms with Gasteiger partial charge in [0.05, 0.1) is 6.26 Å². The molecule has 0 aromatic carbocycles. The molecule has 1 saturated heterocycles. The largest absolute Gasteiger partial charge is 0.469 e. The molecule has 0 aliphatic carbocycles. The third kappa shape index (κ3) is 2.86. The van der Waals surface area contributed by atoms with E-state index < -0.39 is 0 Å². The van der Waals surface area contributed by atoms with E-state index in [1.165, 1.54) is 6.42 Å². The topological polar surface area (TPSA) is 28.4 Å². The van der Waals surface area contributed by atoms with E-state index in [2.05, 4.69) is 31.1 Å². The van der Waals surface area contributed by atoms with E-state index in [0.29, 0.717) is 18.1 Å². The maximum atomic E-state index is 5.36. The fraction of sp³-hybridized carbons (Fsp3) is 0.692. The molecule has 3 atom stereocenters. The third-order valence-electron chi connectivity index (χ3n) is 3.49. The second-order valence-electron chi connectivity index (χ2n) is 5.07. The highest BCUT2D eigenvalue weighted by atomic mass is 16.3. The maximum absolute atomic E-state index is 5.36. The first-order valence-corrected chi connectivity index (χ1v) is 6.14. The molecule has 0 bridgehead atoms. The molecule has 16 heavy (non-hydrogen) atoms. The number of hydrogen-bond acceptors (Lipinski definition) is 3. The molecule has 3 heteroatoms. The van der Waals surface area contributed by atoms with Crippen molar-refractivity contribution >= 4 is 0 Å². The zero-order valence-electron chi connectivity index (χ0n) is 10.4. The van der Waals surface area contributed by atoms with Crippen molar-refractivity contribution in [1.29, 1.82) is 0 Å². The number of rotatable bonds is 4. The molecule has 2 rings (SSSR count). The first kappa shape index (κ1) is 11.7. The van der Waals surface area contributed by atoms with Crippen molar-refractivity contribution in [3.8, 4) is 0 Å². The highest BCUT2D eigenvalue weighted by Gasteiger charge is 2.26. The van der Waals surface area contributed by atoms with Gasteiger partial charge in [0.25, 0.3) is 0 Å². The van der Waals surface area contributed by atoms with Gasteiger partial charge in [-0.05, 0) is 39.4 Å². The zero-order chi connectivity index (χ0) is 11.5. The summed E-state index contributed by atoms with van der Waals surface area (Å²) < 4.78 is 5.36. The molecule has 1 aromatic heterocycles. The van der Waals surface area contributed by atoms with Crippen LogP contribution in [0.5, 0.6) is 0 Å². The van der Waals surface area contributed by atoms with Crippen LogP contribution in [0.1, 0.15) is 26.0 Å². The molecular weight excluding hydrogens is 200 g/mol. The van der Waals surface area contributed by atoms with Crippen molar-refractivity contribution in [1.82, 2.24) is 10.2 Å². The molecule has 0 saturated carbocycles. The van der Waals surface area contributed by atoms with E-state index in [-0.39, 0.29) is 0 Å². The molecule has 3 unspecified atom stereocenters. The number of nitrogens with zero attached hydrogens (tertiary/aromatic N) is 1. The Morgan fingerprint density at radius 2 is 2.44 bits per heavy atom. The van der Waals surface area contributed by atoms with Gasteiger partial charge >= 0.3 is 0 Å². The van der Waals surface area contributed by atoms with Crippen LogP contribution in [0.15, 0.2) is 22.8 Å². The van der Waals surface area contributed by atoms with Gasteiger partial charge in [-0.1, -0.05) is 0 Å². The Hall–Kier alpha value is -0.800. The van der Waals surface area contributed by atoms with Gasteiger partial charge in [0, 0.05) is 31.1 Å². The maximum Gasteiger partial charge on any atom is 0.105 e. The monoisotopic (exact) mass is 222 g/mol. The summed E-state index contributed by atoms with van der Waals surface area (Å²) in [6.07, 6.45) is 3.97. The molecule has 90 valence electrons. The summed E-state index contributed by atoms with van der Waals surface area (Å²) in [7, 11) is 2.20. The molecule has 3 nitrogen and oxygen atoms in total. The van der Waals surface area contributed by atoms with E-state index in [0.717, 1.165) is 18.7 Å². The predicted molar refractivity (Wildman–Crippen MR) is 65.5 cm³/mol. The summed E-state index contributed by atoms with van der Waals surface area (Å²) in [5.41, 5.74) is 0. The molecule has 2 heterocycles. The summed E-state index contributed by atoms with van der Waals surface area (Å²) >= 11 is 0. The van der Waals surface area contributed by atoms with Gasteiger partial charge < -0.3 is 14.6 Å². The van der Waals surface area contributed by atoms with Crippen molar-refractivity contribution in [3.63, 3.8) is 0 Å². The Labute approximate surface area is 97.8 Å². The minimum atomic E-state index is 0.481. The first-order chi connectivity index (χ1) is 7.65. The van der Waals surface area contributed by atoms with Gasteiger partial charge in [-0.15, -0.1) is 0 Å². The average molecular weight is 222 g/mol. The third-order valence-corrected chi connectivity index (χ3v) is 3.49. The van der Waals surface area contributed by atoms with Crippen LogP contribution in [0.3, 0.4) is 0 Å². The van der Waals surface area contributed by atoms with Crippen LogP contribution < -0.4 is 5.32 Å². The van der Waals surface area contributed by atoms with Gasteiger partial charge in [0.2, 0.25) is 0 Å². The number of furan rings is 1. The van der Waals surface area contributed by atoms with Gasteiger partial charge in [-0.25, -0.2) is 0 Å². The van der Waals surface area contributed by atoms with Gasteiger partial charge in [0.15, 0.2) is 0 Å². The Kier molecular flexibility index (Phi) is 3.66. The normalized spacial score (nSPS) is 28.4. The minimum Gasteiger partial charge on any atom is -0.469 e. The van der Waals surface area contributed by atoms with Crippen molar-refractivity contribution in [2.45, 2.75) is 44.8 Å². The van der Waals surface area contributed by atoms with Crippen LogP contribution in [0.2, 0.25) is 0 Å². The molecule has 1 aliphatic heterocycles. The van der Waals surface area contributed by atoms with Crippen molar-refractivity contribution in [3.05, 3.63) is 24.2 Å². The lowest BCUT2D eigenvalue weighted by Gasteiger charge is -2.18. The smallest absolute Gasteiger partial charge is 0.105 e. The molecule has 0 radical (unpaired) electrons. The van der Waals surface area contributed by atoms with Crippen molar-refractivity contribution < 1.29 is 4.42 Å². The van der Waals surface area contributed by atoms with Crippen LogP contribution in [0.4, 0.5) is 0 Å². The lowest BCUT2D eigenvalue weighted by molar-refractivity contribution is 0.324. The molecule has 0 spiro atoms. The fourth-order valence-corrected chi connectivity index (χ4v) is 2.51. The Morgan fingerprint density at radius 3 is 3.00 bits per heavy atom. The standard InChI is InChI=1S/C13H22N2O/c1-10(7-13-5-4-6-16-13)14-12-8-11(2)15(3)9-12/h4-6,10-12,14H,7-9H2,1-3H3. The Morgan fingerprint density at radius 1 is 1.62 bits per heavy atom. The van der Waals surface area contributed by atoms with E-state index in [4.69, 9.17) is 4.42 Å². The highest BCUT2D eigenvalue weighted by molar-refractivity contribution is 5.00. The number of likely N-dealkylation sites (N-methyl/N-ethyl adjacent to an activating group) is 1. The predicted octanol–water partition coefficient (Wildman–Crippen LogP) is 1.89. The average Bonchev–Trinajstić information content (AvgIpc) is 2.78. The van der Waals surface area contributed by atoms with Crippen LogP contribution in [0, 0.1) is 0 Å². The van der Waals surface area contributed by atoms with Crippen molar-refractivity contribution in [2.75, 3.05) is 13.6 Å². The van der Waals surface area contributed by atoms with E-state index >= 15 is 0 Å². The Balaban J connectivity index is 1.77. The van der Waals surface area contributed by atoms with Crippen LogP contribution in [-0.4, -0.2) is 36.6 Å². The van der Waals surface area contributed by atoms with E-state index in [1.54, 1.807) is 6.26 Å². The van der Waals surface area contributed by atoms with Gasteiger partial charge in [-0.3, -0.25) is 0 Å². The molecule has 1 aromatic rings. The van der Waals surface area contributed by atoms with E-state index in [9.17, 15) is 0 Å². The van der Waals surface area contributed by atoms with Gasteiger partial charge in [0.1, 0.15) is 5.76 Å². The van der Waals surface area contributed by atoms with Crippen LogP contribution in [0.25, 0.3) is 0 Å². The molecule has 1 N–H and O–H groups in total. The highest BCUT2D eigenvalue weighted by Crippen LogP contribution is 2.16. The quantitative estimate of drug-likeness (QED) is 0.843. The Bertz CT molecular complexity index is 300. The summed E-state index contributed by atoms with van der Waals surface area (Å²) in [5.74, 6) is 1.07. The SMILES string of the molecule is CC(Cc1ccco1)NC1CC(C)N(C)C1. The number of nitrogens with one attached hydrogen (secondary N) is 1. The summed E-state index contributed by atoms with van der Waals surface area (Å²) in [5, 5.41) is 3.68. The van der Waals surface area contributed by atoms with Crippen LogP contribution in [-0.2, 0) is 6.42 Å². The lowest BCUT2D eigenvalue weighted by Crippen LogP contribution is -2.39. The van der Waals surface area contributed by atoms with Crippen LogP contribution >= 0.6 is 0 Å². The molecule has 0 amide bonds. The van der Waals surface area contributed by atoms with Gasteiger partial charge in [-0.2, -0.15) is 0 Å². The summed E-state index contributed by atoms with van der Waals surface area (Å²) in [6.45, 7) is 5.67. The molecular formula is C13H22N2O. The first-order valence-electron chi connectivity index (χ1n) is 6.14.